The van der Waals surface area contributed by atoms with Crippen LogP contribution in [0.4, 0.5) is 5.69 Å². The van der Waals surface area contributed by atoms with Crippen LogP contribution < -0.4 is 10.1 Å². The van der Waals surface area contributed by atoms with Crippen molar-refractivity contribution in [1.82, 2.24) is 0 Å². The molecule has 0 saturated heterocycles. The molecule has 1 N–H and O–H groups in total. The second kappa shape index (κ2) is 6.41. The van der Waals surface area contributed by atoms with Crippen molar-refractivity contribution in [2.45, 2.75) is 25.3 Å². The molecule has 1 atom stereocenters. The van der Waals surface area contributed by atoms with E-state index in [9.17, 15) is 0 Å². The lowest BCUT2D eigenvalue weighted by Crippen LogP contribution is -2.27. The highest BCUT2D eigenvalue weighted by atomic mass is 79.9. The number of hydrogen-bond acceptors (Lipinski definition) is 2. The van der Waals surface area contributed by atoms with E-state index in [0.29, 0.717) is 6.04 Å². The van der Waals surface area contributed by atoms with Gasteiger partial charge in [0.15, 0.2) is 0 Å². The van der Waals surface area contributed by atoms with Gasteiger partial charge in [-0.2, -0.15) is 0 Å². The summed E-state index contributed by atoms with van der Waals surface area (Å²) < 4.78 is 7.67. The molecule has 2 aromatic rings. The van der Waals surface area contributed by atoms with Crippen LogP contribution in [0, 0.1) is 0 Å². The van der Waals surface area contributed by atoms with Crippen LogP contribution in [0.5, 0.6) is 5.75 Å². The minimum Gasteiger partial charge on any atom is -0.495 e. The summed E-state index contributed by atoms with van der Waals surface area (Å²) in [6, 6.07) is 13.1. The van der Waals surface area contributed by atoms with Gasteiger partial charge < -0.3 is 10.1 Å². The van der Waals surface area contributed by atoms with Gasteiger partial charge in [-0.3, -0.25) is 0 Å². The Morgan fingerprint density at radius 2 is 1.81 bits per heavy atom. The molecule has 1 aliphatic rings. The Hall–Kier alpha value is -1.00. The van der Waals surface area contributed by atoms with Gasteiger partial charge in [-0.25, -0.2) is 0 Å². The van der Waals surface area contributed by atoms with E-state index >= 15 is 0 Å². The van der Waals surface area contributed by atoms with Gasteiger partial charge in [0, 0.05) is 15.0 Å². The summed E-state index contributed by atoms with van der Waals surface area (Å²) in [4.78, 5) is 0. The lowest BCUT2D eigenvalue weighted by Gasteiger charge is -2.27. The summed E-state index contributed by atoms with van der Waals surface area (Å²) in [7, 11) is 1.71. The summed E-state index contributed by atoms with van der Waals surface area (Å²) in [5.74, 6) is 0.889. The van der Waals surface area contributed by atoms with Crippen LogP contribution in [0.25, 0.3) is 0 Å². The molecule has 0 radical (unpaired) electrons. The number of hydrogen-bond donors (Lipinski definition) is 1. The zero-order valence-electron chi connectivity index (χ0n) is 11.8. The van der Waals surface area contributed by atoms with E-state index in [1.54, 1.807) is 7.11 Å². The number of benzene rings is 2. The van der Waals surface area contributed by atoms with Gasteiger partial charge in [-0.1, -0.05) is 37.9 Å². The highest BCUT2D eigenvalue weighted by Gasteiger charge is 2.19. The second-order valence-electron chi connectivity index (χ2n) is 5.34. The van der Waals surface area contributed by atoms with Gasteiger partial charge in [0.05, 0.1) is 12.8 Å². The molecule has 0 aliphatic heterocycles. The van der Waals surface area contributed by atoms with Crippen LogP contribution in [-0.4, -0.2) is 13.2 Å². The third-order valence-electron chi connectivity index (χ3n) is 3.92. The van der Waals surface area contributed by atoms with E-state index in [4.69, 9.17) is 4.74 Å². The van der Waals surface area contributed by atoms with E-state index < -0.39 is 0 Å². The molecule has 2 nitrogen and oxygen atoms in total. The molecule has 0 saturated carbocycles. The summed E-state index contributed by atoms with van der Waals surface area (Å²) >= 11 is 7.07. The molecule has 4 heteroatoms. The lowest BCUT2D eigenvalue weighted by atomic mass is 9.88. The maximum absolute atomic E-state index is 5.44. The smallest absolute Gasteiger partial charge is 0.142 e. The van der Waals surface area contributed by atoms with E-state index in [1.165, 1.54) is 15.6 Å². The Bertz CT molecular complexity index is 657. The number of ether oxygens (including phenoxy) is 1. The van der Waals surface area contributed by atoms with Crippen molar-refractivity contribution in [3.05, 3.63) is 56.5 Å². The summed E-state index contributed by atoms with van der Waals surface area (Å²) in [5, 5.41) is 3.63. The summed E-state index contributed by atoms with van der Waals surface area (Å²) in [5.41, 5.74) is 3.96. The maximum Gasteiger partial charge on any atom is 0.142 e. The normalized spacial score (nSPS) is 17.2. The first-order valence-electron chi connectivity index (χ1n) is 7.03. The van der Waals surface area contributed by atoms with Crippen LogP contribution in [0.15, 0.2) is 45.3 Å². The van der Waals surface area contributed by atoms with Crippen molar-refractivity contribution < 1.29 is 4.74 Å². The average molecular weight is 411 g/mol. The Balaban J connectivity index is 1.78. The molecule has 21 heavy (non-hydrogen) atoms. The lowest BCUT2D eigenvalue weighted by molar-refractivity contribution is 0.415. The Morgan fingerprint density at radius 3 is 2.62 bits per heavy atom. The van der Waals surface area contributed by atoms with Gasteiger partial charge in [-0.15, -0.1) is 0 Å². The summed E-state index contributed by atoms with van der Waals surface area (Å²) in [6.07, 6.45) is 3.31. The van der Waals surface area contributed by atoms with Crippen molar-refractivity contribution in [3.63, 3.8) is 0 Å². The summed E-state index contributed by atoms with van der Waals surface area (Å²) in [6.45, 7) is 0. The molecule has 0 heterocycles. The minimum absolute atomic E-state index is 0.446. The zero-order valence-corrected chi connectivity index (χ0v) is 15.0. The predicted molar refractivity (Wildman–Crippen MR) is 94.3 cm³/mol. The first kappa shape index (κ1) is 14.9. The van der Waals surface area contributed by atoms with Crippen molar-refractivity contribution in [1.29, 1.82) is 0 Å². The highest BCUT2D eigenvalue weighted by Crippen LogP contribution is 2.31. The number of aryl methyl sites for hydroxylation is 1. The third-order valence-corrected chi connectivity index (χ3v) is 4.90. The first-order chi connectivity index (χ1) is 10.2. The predicted octanol–water partition coefficient (Wildman–Crippen LogP) is 5.19. The number of anilines is 1. The van der Waals surface area contributed by atoms with Gasteiger partial charge >= 0.3 is 0 Å². The number of rotatable bonds is 3. The van der Waals surface area contributed by atoms with Crippen LogP contribution in [0.3, 0.4) is 0 Å². The average Bonchev–Trinajstić information content (AvgIpc) is 2.48. The standard InChI is InChI=1S/C17H17Br2NO/c1-21-17-7-5-14(19)10-16(17)20-15-6-3-11-8-13(18)4-2-12(11)9-15/h2,4-5,7-8,10,15,20H,3,6,9H2,1H3. The van der Waals surface area contributed by atoms with Crippen molar-refractivity contribution in [2.75, 3.05) is 12.4 Å². The molecule has 0 amide bonds. The quantitative estimate of drug-likeness (QED) is 0.751. The molecule has 110 valence electrons. The fourth-order valence-corrected chi connectivity index (χ4v) is 3.63. The minimum atomic E-state index is 0.446. The SMILES string of the molecule is COc1ccc(Br)cc1NC1CCc2cc(Br)ccc2C1. The fourth-order valence-electron chi connectivity index (χ4n) is 2.86. The molecule has 1 unspecified atom stereocenters. The van der Waals surface area contributed by atoms with Gasteiger partial charge in [0.2, 0.25) is 0 Å². The van der Waals surface area contributed by atoms with Crippen molar-refractivity contribution in [3.8, 4) is 5.75 Å². The molecular weight excluding hydrogens is 394 g/mol. The van der Waals surface area contributed by atoms with Crippen LogP contribution >= 0.6 is 31.9 Å². The third kappa shape index (κ3) is 3.43. The van der Waals surface area contributed by atoms with Gasteiger partial charge in [0.1, 0.15) is 5.75 Å². The maximum atomic E-state index is 5.44. The molecule has 2 aromatic carbocycles. The van der Waals surface area contributed by atoms with E-state index in [1.807, 2.05) is 12.1 Å². The van der Waals surface area contributed by atoms with Crippen molar-refractivity contribution >= 4 is 37.5 Å². The van der Waals surface area contributed by atoms with Gasteiger partial charge in [0.25, 0.3) is 0 Å². The zero-order chi connectivity index (χ0) is 14.8. The number of halogens is 2. The Kier molecular flexibility index (Phi) is 4.55. The molecule has 0 fully saturated rings. The topological polar surface area (TPSA) is 21.3 Å². The molecule has 0 spiro atoms. The van der Waals surface area contributed by atoms with E-state index in [2.05, 4.69) is 61.4 Å². The monoisotopic (exact) mass is 409 g/mol. The van der Waals surface area contributed by atoms with E-state index in [0.717, 1.165) is 35.2 Å². The molecule has 0 bridgehead atoms. The highest BCUT2D eigenvalue weighted by molar-refractivity contribution is 9.10. The largest absolute Gasteiger partial charge is 0.495 e. The van der Waals surface area contributed by atoms with Crippen molar-refractivity contribution in [2.24, 2.45) is 0 Å². The van der Waals surface area contributed by atoms with E-state index in [-0.39, 0.29) is 0 Å². The number of nitrogens with one attached hydrogen (secondary N) is 1. The fraction of sp³-hybridized carbons (Fsp3) is 0.294. The molecule has 1 aliphatic carbocycles. The van der Waals surface area contributed by atoms with Crippen LogP contribution in [-0.2, 0) is 12.8 Å². The van der Waals surface area contributed by atoms with Gasteiger partial charge in [-0.05, 0) is 60.7 Å². The first-order valence-corrected chi connectivity index (χ1v) is 8.61. The van der Waals surface area contributed by atoms with Crippen LogP contribution in [0.2, 0.25) is 0 Å². The molecular formula is C17H17Br2NO. The number of fused-ring (bicyclic) bond motifs is 1. The Labute approximate surface area is 142 Å². The Morgan fingerprint density at radius 1 is 1.05 bits per heavy atom. The molecule has 3 rings (SSSR count). The molecule has 0 aromatic heterocycles. The van der Waals surface area contributed by atoms with Crippen LogP contribution in [0.1, 0.15) is 17.5 Å². The second-order valence-corrected chi connectivity index (χ2v) is 7.17. The number of methoxy groups -OCH3 is 1.